The fourth-order valence-corrected chi connectivity index (χ4v) is 1.68. The summed E-state index contributed by atoms with van der Waals surface area (Å²) in [5.74, 6) is -1.35. The van der Waals surface area contributed by atoms with Gasteiger partial charge in [-0.3, -0.25) is 10.1 Å². The molecule has 2 aromatic carbocycles. The maximum Gasteiger partial charge on any atom is 0.416 e. The lowest BCUT2D eigenvalue weighted by molar-refractivity contribution is -0.137. The number of urea groups is 1. The highest BCUT2D eigenvalue weighted by Crippen LogP contribution is 2.29. The standard InChI is InChI=1S/C15H10F4N2O2/c16-11-5-7-12(8-6-11)20-14(23)21-13(22)9-1-3-10(4-2-9)15(17,18)19/h1-8H,(H2,20,21,22,23). The minimum atomic E-state index is -4.50. The number of hydrogen-bond donors (Lipinski definition) is 2. The van der Waals surface area contributed by atoms with Gasteiger partial charge in [-0.1, -0.05) is 0 Å². The molecule has 0 saturated heterocycles. The molecule has 0 radical (unpaired) electrons. The second-order valence-corrected chi connectivity index (χ2v) is 4.49. The number of nitrogens with one attached hydrogen (secondary N) is 2. The van der Waals surface area contributed by atoms with Crippen LogP contribution in [0.2, 0.25) is 0 Å². The van der Waals surface area contributed by atoms with Crippen LogP contribution in [0.25, 0.3) is 0 Å². The molecular weight excluding hydrogens is 316 g/mol. The lowest BCUT2D eigenvalue weighted by Crippen LogP contribution is -2.34. The third kappa shape index (κ3) is 4.53. The first kappa shape index (κ1) is 16.5. The molecule has 0 unspecified atom stereocenters. The number of imide groups is 1. The molecule has 0 aliphatic heterocycles. The first-order valence-electron chi connectivity index (χ1n) is 6.31. The number of carbonyl (C=O) groups excluding carboxylic acids is 2. The van der Waals surface area contributed by atoms with Crippen molar-refractivity contribution < 1.29 is 27.2 Å². The summed E-state index contributed by atoms with van der Waals surface area (Å²) in [7, 11) is 0. The lowest BCUT2D eigenvalue weighted by atomic mass is 10.1. The zero-order chi connectivity index (χ0) is 17.0. The summed E-state index contributed by atoms with van der Waals surface area (Å²) < 4.78 is 49.9. The predicted molar refractivity (Wildman–Crippen MR) is 74.3 cm³/mol. The lowest BCUT2D eigenvalue weighted by Gasteiger charge is -2.08. The molecular formula is C15H10F4N2O2. The molecule has 3 amide bonds. The van der Waals surface area contributed by atoms with Gasteiger partial charge in [0.15, 0.2) is 0 Å². The van der Waals surface area contributed by atoms with E-state index in [1.54, 1.807) is 0 Å². The fourth-order valence-electron chi connectivity index (χ4n) is 1.68. The fraction of sp³-hybridized carbons (Fsp3) is 0.0667. The number of halogens is 4. The summed E-state index contributed by atoms with van der Waals surface area (Å²) in [5.41, 5.74) is -0.749. The molecule has 0 fully saturated rings. The molecule has 0 heterocycles. The molecule has 2 aromatic rings. The average molecular weight is 326 g/mol. The van der Waals surface area contributed by atoms with Gasteiger partial charge in [-0.05, 0) is 48.5 Å². The van der Waals surface area contributed by atoms with Gasteiger partial charge in [0.1, 0.15) is 5.82 Å². The van der Waals surface area contributed by atoms with Gasteiger partial charge >= 0.3 is 12.2 Å². The summed E-state index contributed by atoms with van der Waals surface area (Å²) in [6, 6.07) is 7.34. The minimum Gasteiger partial charge on any atom is -0.308 e. The molecule has 4 nitrogen and oxygen atoms in total. The van der Waals surface area contributed by atoms with Crippen LogP contribution in [0.1, 0.15) is 15.9 Å². The minimum absolute atomic E-state index is 0.104. The molecule has 120 valence electrons. The van der Waals surface area contributed by atoms with Crippen molar-refractivity contribution in [2.45, 2.75) is 6.18 Å². The van der Waals surface area contributed by atoms with Crippen molar-refractivity contribution in [1.82, 2.24) is 5.32 Å². The molecule has 0 aliphatic rings. The van der Waals surface area contributed by atoms with Gasteiger partial charge in [0.25, 0.3) is 5.91 Å². The number of amides is 3. The van der Waals surface area contributed by atoms with E-state index >= 15 is 0 Å². The van der Waals surface area contributed by atoms with E-state index in [1.807, 2.05) is 5.32 Å². The Morgan fingerprint density at radius 1 is 0.870 bits per heavy atom. The van der Waals surface area contributed by atoms with E-state index in [9.17, 15) is 27.2 Å². The third-order valence-electron chi connectivity index (χ3n) is 2.80. The Labute approximate surface area is 128 Å². The highest BCUT2D eigenvalue weighted by molar-refractivity contribution is 6.07. The molecule has 0 bridgehead atoms. The molecule has 0 aliphatic carbocycles. The van der Waals surface area contributed by atoms with Crippen LogP contribution in [0.3, 0.4) is 0 Å². The number of benzene rings is 2. The Bertz CT molecular complexity index is 710. The number of alkyl halides is 3. The van der Waals surface area contributed by atoms with Gasteiger partial charge in [-0.15, -0.1) is 0 Å². The highest BCUT2D eigenvalue weighted by Gasteiger charge is 2.30. The second-order valence-electron chi connectivity index (χ2n) is 4.49. The van der Waals surface area contributed by atoms with Crippen LogP contribution in [0, 0.1) is 5.82 Å². The van der Waals surface area contributed by atoms with E-state index < -0.39 is 29.5 Å². The van der Waals surface area contributed by atoms with Crippen molar-refractivity contribution >= 4 is 17.6 Å². The smallest absolute Gasteiger partial charge is 0.308 e. The van der Waals surface area contributed by atoms with Crippen LogP contribution < -0.4 is 10.6 Å². The number of carbonyl (C=O) groups is 2. The zero-order valence-corrected chi connectivity index (χ0v) is 11.4. The topological polar surface area (TPSA) is 58.2 Å². The van der Waals surface area contributed by atoms with Gasteiger partial charge in [-0.2, -0.15) is 13.2 Å². The summed E-state index contributed by atoms with van der Waals surface area (Å²) in [4.78, 5) is 23.3. The quantitative estimate of drug-likeness (QED) is 0.825. The summed E-state index contributed by atoms with van der Waals surface area (Å²) in [6.07, 6.45) is -4.50. The molecule has 0 atom stereocenters. The SMILES string of the molecule is O=C(NC(=O)c1ccc(C(F)(F)F)cc1)Nc1ccc(F)cc1. The molecule has 0 aromatic heterocycles. The first-order valence-corrected chi connectivity index (χ1v) is 6.31. The Morgan fingerprint density at radius 3 is 1.96 bits per heavy atom. The largest absolute Gasteiger partial charge is 0.416 e. The second kappa shape index (κ2) is 6.47. The van der Waals surface area contributed by atoms with Crippen LogP contribution in [-0.2, 0) is 6.18 Å². The van der Waals surface area contributed by atoms with E-state index in [2.05, 4.69) is 5.32 Å². The van der Waals surface area contributed by atoms with Gasteiger partial charge in [-0.25, -0.2) is 9.18 Å². The van der Waals surface area contributed by atoms with E-state index in [-0.39, 0.29) is 11.3 Å². The third-order valence-corrected chi connectivity index (χ3v) is 2.80. The van der Waals surface area contributed by atoms with Gasteiger partial charge < -0.3 is 5.32 Å². The van der Waals surface area contributed by atoms with E-state index in [0.29, 0.717) is 0 Å². The van der Waals surface area contributed by atoms with Crippen LogP contribution in [0.4, 0.5) is 28.0 Å². The van der Waals surface area contributed by atoms with Crippen molar-refractivity contribution in [2.75, 3.05) is 5.32 Å². The Balaban J connectivity index is 1.98. The highest BCUT2D eigenvalue weighted by atomic mass is 19.4. The molecule has 2 rings (SSSR count). The maximum absolute atomic E-state index is 12.7. The normalized spacial score (nSPS) is 11.0. The van der Waals surface area contributed by atoms with Crippen LogP contribution >= 0.6 is 0 Å². The summed E-state index contributed by atoms with van der Waals surface area (Å²) >= 11 is 0. The van der Waals surface area contributed by atoms with Crippen molar-refractivity contribution in [1.29, 1.82) is 0 Å². The first-order chi connectivity index (χ1) is 10.8. The van der Waals surface area contributed by atoms with Crippen LogP contribution in [0.5, 0.6) is 0 Å². The van der Waals surface area contributed by atoms with E-state index in [4.69, 9.17) is 0 Å². The van der Waals surface area contributed by atoms with Crippen molar-refractivity contribution in [2.24, 2.45) is 0 Å². The van der Waals surface area contributed by atoms with Gasteiger partial charge in [0.05, 0.1) is 5.56 Å². The number of rotatable bonds is 2. The van der Waals surface area contributed by atoms with E-state index in [1.165, 1.54) is 12.1 Å². The van der Waals surface area contributed by atoms with Crippen molar-refractivity contribution in [3.05, 3.63) is 65.5 Å². The van der Waals surface area contributed by atoms with E-state index in [0.717, 1.165) is 36.4 Å². The monoisotopic (exact) mass is 326 g/mol. The van der Waals surface area contributed by atoms with Crippen LogP contribution in [-0.4, -0.2) is 11.9 Å². The number of anilines is 1. The average Bonchev–Trinajstić information content (AvgIpc) is 2.49. The Morgan fingerprint density at radius 2 is 1.43 bits per heavy atom. The molecule has 8 heteroatoms. The molecule has 0 saturated carbocycles. The number of hydrogen-bond acceptors (Lipinski definition) is 2. The van der Waals surface area contributed by atoms with Crippen molar-refractivity contribution in [3.63, 3.8) is 0 Å². The summed E-state index contributed by atoms with van der Waals surface area (Å²) in [5, 5.41) is 4.24. The zero-order valence-electron chi connectivity index (χ0n) is 11.4. The Kier molecular flexibility index (Phi) is 4.63. The maximum atomic E-state index is 12.7. The van der Waals surface area contributed by atoms with Gasteiger partial charge in [0.2, 0.25) is 0 Å². The molecule has 2 N–H and O–H groups in total. The predicted octanol–water partition coefficient (Wildman–Crippen LogP) is 3.81. The summed E-state index contributed by atoms with van der Waals surface area (Å²) in [6.45, 7) is 0. The Hall–Kier alpha value is -2.90. The molecule has 23 heavy (non-hydrogen) atoms. The van der Waals surface area contributed by atoms with Crippen molar-refractivity contribution in [3.8, 4) is 0 Å². The van der Waals surface area contributed by atoms with Crippen LogP contribution in [0.15, 0.2) is 48.5 Å². The molecule has 0 spiro atoms. The van der Waals surface area contributed by atoms with Gasteiger partial charge in [0, 0.05) is 11.3 Å².